The van der Waals surface area contributed by atoms with Crippen molar-refractivity contribution in [3.63, 3.8) is 0 Å². The Morgan fingerprint density at radius 1 is 1.25 bits per heavy atom. The highest BCUT2D eigenvalue weighted by Gasteiger charge is 2.43. The maximum absolute atomic E-state index is 4.47. The molecule has 1 aliphatic rings. The Balaban J connectivity index is 2.39. The summed E-state index contributed by atoms with van der Waals surface area (Å²) in [6.45, 7) is 10.2. The zero-order valence-electron chi connectivity index (χ0n) is 13.5. The molecule has 1 aliphatic heterocycles. The molecule has 2 rings (SSSR count). The molecular weight excluding hydrogens is 248 g/mol. The predicted octanol–water partition coefficient (Wildman–Crippen LogP) is 2.82. The van der Waals surface area contributed by atoms with Crippen LogP contribution in [0.3, 0.4) is 0 Å². The Morgan fingerprint density at radius 2 is 1.90 bits per heavy atom. The molecule has 1 aromatic heterocycles. The molecule has 2 heterocycles. The molecule has 0 saturated carbocycles. The molecule has 0 radical (unpaired) electrons. The standard InChI is InChI=1S/C16H30N4/c1-5-16(6-2,19-12-8-9-13-19)15(17-4)14-10-11-18-20(14)7-3/h10-11,15,17H,5-9,12-13H2,1-4H3. The van der Waals surface area contributed by atoms with Crippen molar-refractivity contribution in [1.82, 2.24) is 20.0 Å². The summed E-state index contributed by atoms with van der Waals surface area (Å²) >= 11 is 0. The van der Waals surface area contributed by atoms with Crippen molar-refractivity contribution in [2.45, 2.75) is 64.6 Å². The first-order chi connectivity index (χ1) is 9.73. The van der Waals surface area contributed by atoms with Crippen LogP contribution in [0.25, 0.3) is 0 Å². The fourth-order valence-electron chi connectivity index (χ4n) is 3.99. The summed E-state index contributed by atoms with van der Waals surface area (Å²) in [5.41, 5.74) is 1.53. The van der Waals surface area contributed by atoms with E-state index in [2.05, 4.69) is 53.9 Å². The third-order valence-electron chi connectivity index (χ3n) is 5.13. The maximum Gasteiger partial charge on any atom is 0.0676 e. The molecule has 4 heteroatoms. The molecule has 1 aromatic rings. The maximum atomic E-state index is 4.47. The van der Waals surface area contributed by atoms with Crippen LogP contribution in [-0.4, -0.2) is 40.4 Å². The van der Waals surface area contributed by atoms with Crippen molar-refractivity contribution in [2.24, 2.45) is 0 Å². The van der Waals surface area contributed by atoms with Gasteiger partial charge >= 0.3 is 0 Å². The number of hydrogen-bond acceptors (Lipinski definition) is 3. The topological polar surface area (TPSA) is 33.1 Å². The van der Waals surface area contributed by atoms with E-state index in [1.54, 1.807) is 0 Å². The van der Waals surface area contributed by atoms with Crippen molar-refractivity contribution in [2.75, 3.05) is 20.1 Å². The van der Waals surface area contributed by atoms with Gasteiger partial charge in [-0.15, -0.1) is 0 Å². The number of hydrogen-bond donors (Lipinski definition) is 1. The summed E-state index contributed by atoms with van der Waals surface area (Å²) in [7, 11) is 2.09. The monoisotopic (exact) mass is 278 g/mol. The molecule has 0 amide bonds. The number of likely N-dealkylation sites (tertiary alicyclic amines) is 1. The van der Waals surface area contributed by atoms with Gasteiger partial charge in [-0.3, -0.25) is 9.58 Å². The minimum absolute atomic E-state index is 0.207. The zero-order valence-corrected chi connectivity index (χ0v) is 13.5. The van der Waals surface area contributed by atoms with Crippen LogP contribution in [0.4, 0.5) is 0 Å². The minimum Gasteiger partial charge on any atom is -0.310 e. The van der Waals surface area contributed by atoms with Crippen LogP contribution in [0.15, 0.2) is 12.3 Å². The van der Waals surface area contributed by atoms with Crippen LogP contribution in [-0.2, 0) is 6.54 Å². The summed E-state index contributed by atoms with van der Waals surface area (Å²) in [6, 6.07) is 2.53. The lowest BCUT2D eigenvalue weighted by atomic mass is 9.81. The van der Waals surface area contributed by atoms with Crippen LogP contribution in [0.5, 0.6) is 0 Å². The summed E-state index contributed by atoms with van der Waals surface area (Å²) < 4.78 is 2.14. The Labute approximate surface area is 123 Å². The van der Waals surface area contributed by atoms with Crippen molar-refractivity contribution in [3.05, 3.63) is 18.0 Å². The first kappa shape index (κ1) is 15.5. The lowest BCUT2D eigenvalue weighted by molar-refractivity contribution is 0.0613. The normalized spacial score (nSPS) is 18.6. The van der Waals surface area contributed by atoms with E-state index in [4.69, 9.17) is 0 Å². The van der Waals surface area contributed by atoms with Crippen LogP contribution in [0, 0.1) is 0 Å². The lowest BCUT2D eigenvalue weighted by Crippen LogP contribution is -2.55. The third-order valence-corrected chi connectivity index (χ3v) is 5.13. The minimum atomic E-state index is 0.207. The fourth-order valence-corrected chi connectivity index (χ4v) is 3.99. The second kappa shape index (κ2) is 6.72. The number of nitrogens with one attached hydrogen (secondary N) is 1. The lowest BCUT2D eigenvalue weighted by Gasteiger charge is -2.46. The van der Waals surface area contributed by atoms with Crippen molar-refractivity contribution in [1.29, 1.82) is 0 Å². The van der Waals surface area contributed by atoms with Gasteiger partial charge in [0.25, 0.3) is 0 Å². The quantitative estimate of drug-likeness (QED) is 0.832. The van der Waals surface area contributed by atoms with Gasteiger partial charge in [0.2, 0.25) is 0 Å². The summed E-state index contributed by atoms with van der Waals surface area (Å²) in [5.74, 6) is 0. The van der Waals surface area contributed by atoms with Crippen molar-refractivity contribution < 1.29 is 0 Å². The Kier molecular flexibility index (Phi) is 5.22. The second-order valence-corrected chi connectivity index (χ2v) is 5.80. The Hall–Kier alpha value is -0.870. The van der Waals surface area contributed by atoms with Crippen LogP contribution < -0.4 is 5.32 Å². The molecule has 1 fully saturated rings. The molecule has 1 N–H and O–H groups in total. The molecule has 4 nitrogen and oxygen atoms in total. The molecule has 114 valence electrons. The molecule has 0 aromatic carbocycles. The average molecular weight is 278 g/mol. The third kappa shape index (κ3) is 2.51. The van der Waals surface area contributed by atoms with E-state index in [1.165, 1.54) is 44.5 Å². The molecular formula is C16H30N4. The van der Waals surface area contributed by atoms with Gasteiger partial charge in [-0.05, 0) is 58.8 Å². The zero-order chi connectivity index (χ0) is 14.6. The van der Waals surface area contributed by atoms with Gasteiger partial charge in [0.05, 0.1) is 11.7 Å². The molecule has 1 saturated heterocycles. The van der Waals surface area contributed by atoms with Gasteiger partial charge in [0.15, 0.2) is 0 Å². The van der Waals surface area contributed by atoms with Crippen LogP contribution in [0.1, 0.15) is 58.2 Å². The first-order valence-electron chi connectivity index (χ1n) is 8.17. The van der Waals surface area contributed by atoms with Gasteiger partial charge in [0.1, 0.15) is 0 Å². The SMILES string of the molecule is CCn1nccc1C(NC)C(CC)(CC)N1CCCC1. The number of nitrogens with zero attached hydrogens (tertiary/aromatic N) is 3. The van der Waals surface area contributed by atoms with Crippen LogP contribution in [0.2, 0.25) is 0 Å². The smallest absolute Gasteiger partial charge is 0.0676 e. The summed E-state index contributed by atoms with van der Waals surface area (Å²) in [6.07, 6.45) is 6.95. The van der Waals surface area contributed by atoms with E-state index < -0.39 is 0 Å². The van der Waals surface area contributed by atoms with Gasteiger partial charge in [-0.25, -0.2) is 0 Å². The number of aromatic nitrogens is 2. The number of rotatable bonds is 7. The van der Waals surface area contributed by atoms with E-state index in [9.17, 15) is 0 Å². The van der Waals surface area contributed by atoms with Gasteiger partial charge in [-0.2, -0.15) is 5.10 Å². The van der Waals surface area contributed by atoms with Crippen LogP contribution >= 0.6 is 0 Å². The van der Waals surface area contributed by atoms with Gasteiger partial charge < -0.3 is 5.32 Å². The first-order valence-corrected chi connectivity index (χ1v) is 8.17. The highest BCUT2D eigenvalue weighted by Crippen LogP contribution is 2.39. The molecule has 0 spiro atoms. The van der Waals surface area contributed by atoms with E-state index in [-0.39, 0.29) is 5.54 Å². The van der Waals surface area contributed by atoms with E-state index >= 15 is 0 Å². The van der Waals surface area contributed by atoms with Gasteiger partial charge in [0, 0.05) is 18.3 Å². The fraction of sp³-hybridized carbons (Fsp3) is 0.812. The average Bonchev–Trinajstić information content (AvgIpc) is 3.15. The van der Waals surface area contributed by atoms with Crippen molar-refractivity contribution in [3.8, 4) is 0 Å². The summed E-state index contributed by atoms with van der Waals surface area (Å²) in [5, 5.41) is 8.07. The van der Waals surface area contributed by atoms with E-state index in [0.717, 1.165) is 6.54 Å². The summed E-state index contributed by atoms with van der Waals surface area (Å²) in [4.78, 5) is 2.71. The Bertz CT molecular complexity index is 402. The predicted molar refractivity (Wildman–Crippen MR) is 83.8 cm³/mol. The highest BCUT2D eigenvalue weighted by atomic mass is 15.3. The highest BCUT2D eigenvalue weighted by molar-refractivity contribution is 5.16. The Morgan fingerprint density at radius 3 is 2.40 bits per heavy atom. The van der Waals surface area contributed by atoms with E-state index in [1.807, 2.05) is 6.20 Å². The van der Waals surface area contributed by atoms with Crippen molar-refractivity contribution >= 4 is 0 Å². The molecule has 0 aliphatic carbocycles. The van der Waals surface area contributed by atoms with Gasteiger partial charge in [-0.1, -0.05) is 13.8 Å². The van der Waals surface area contributed by atoms with E-state index in [0.29, 0.717) is 6.04 Å². The number of likely N-dealkylation sites (N-methyl/N-ethyl adjacent to an activating group) is 1. The molecule has 20 heavy (non-hydrogen) atoms. The molecule has 1 atom stereocenters. The second-order valence-electron chi connectivity index (χ2n) is 5.80. The molecule has 1 unspecified atom stereocenters. The molecule has 0 bridgehead atoms. The number of aryl methyl sites for hydroxylation is 1. The largest absolute Gasteiger partial charge is 0.310 e.